The number of rotatable bonds is 5. The molecule has 4 heteroatoms. The van der Waals surface area contributed by atoms with Crippen LogP contribution in [0.5, 0.6) is 5.75 Å². The molecule has 1 aromatic rings. The van der Waals surface area contributed by atoms with Crippen molar-refractivity contribution >= 4 is 11.6 Å². The molecule has 3 fully saturated rings. The predicted octanol–water partition coefficient (Wildman–Crippen LogP) is 2.29. The summed E-state index contributed by atoms with van der Waals surface area (Å²) in [4.78, 5) is 12.4. The molecule has 112 valence electrons. The first-order valence-corrected chi connectivity index (χ1v) is 7.92. The van der Waals surface area contributed by atoms with Crippen LogP contribution in [0.1, 0.15) is 19.3 Å². The first kappa shape index (κ1) is 13.1. The van der Waals surface area contributed by atoms with Gasteiger partial charge in [0.05, 0.1) is 6.61 Å². The van der Waals surface area contributed by atoms with Crippen LogP contribution < -0.4 is 10.1 Å². The smallest absolute Gasteiger partial charge is 0.228 e. The number of hydrogen-bond acceptors (Lipinski definition) is 3. The average molecular weight is 287 g/mol. The van der Waals surface area contributed by atoms with E-state index in [1.807, 2.05) is 24.3 Å². The van der Waals surface area contributed by atoms with E-state index in [4.69, 9.17) is 9.84 Å². The van der Waals surface area contributed by atoms with Gasteiger partial charge in [0.15, 0.2) is 0 Å². The molecule has 4 unspecified atom stereocenters. The third-order valence-electron chi connectivity index (χ3n) is 5.52. The standard InChI is InChI=1S/C17H21NO3/c19-7-8-21-13-5-3-12(4-6-13)18-17(20)16-14-10-1-2-11(9-10)15(14)16/h3-6,10-11,14-16,19H,1-2,7-9H2,(H,18,20). The molecule has 0 spiro atoms. The maximum Gasteiger partial charge on any atom is 0.228 e. The lowest BCUT2D eigenvalue weighted by molar-refractivity contribution is -0.118. The van der Waals surface area contributed by atoms with E-state index in [9.17, 15) is 4.79 Å². The highest BCUT2D eigenvalue weighted by molar-refractivity contribution is 5.95. The second-order valence-corrected chi connectivity index (χ2v) is 6.60. The van der Waals surface area contributed by atoms with Gasteiger partial charge in [0.2, 0.25) is 5.91 Å². The molecule has 0 heterocycles. The van der Waals surface area contributed by atoms with Crippen LogP contribution in [-0.2, 0) is 4.79 Å². The Morgan fingerprint density at radius 2 is 1.86 bits per heavy atom. The lowest BCUT2D eigenvalue weighted by Gasteiger charge is -2.10. The van der Waals surface area contributed by atoms with Crippen LogP contribution in [0, 0.1) is 29.6 Å². The van der Waals surface area contributed by atoms with E-state index in [-0.39, 0.29) is 18.4 Å². The Kier molecular flexibility index (Phi) is 3.14. The van der Waals surface area contributed by atoms with Gasteiger partial charge in [0.25, 0.3) is 0 Å². The minimum Gasteiger partial charge on any atom is -0.491 e. The van der Waals surface area contributed by atoms with E-state index in [1.54, 1.807) is 0 Å². The van der Waals surface area contributed by atoms with Crippen LogP contribution in [0.15, 0.2) is 24.3 Å². The number of amides is 1. The summed E-state index contributed by atoms with van der Waals surface area (Å²) in [6.07, 6.45) is 4.05. The van der Waals surface area contributed by atoms with E-state index in [2.05, 4.69) is 5.32 Å². The molecule has 0 saturated heterocycles. The van der Waals surface area contributed by atoms with Crippen LogP contribution in [0.25, 0.3) is 0 Å². The normalized spacial score (nSPS) is 35.4. The minimum atomic E-state index is 0.00524. The molecule has 21 heavy (non-hydrogen) atoms. The van der Waals surface area contributed by atoms with Crippen molar-refractivity contribution < 1.29 is 14.6 Å². The summed E-state index contributed by atoms with van der Waals surface area (Å²) >= 11 is 0. The molecule has 3 aliphatic carbocycles. The zero-order chi connectivity index (χ0) is 14.4. The van der Waals surface area contributed by atoms with Crippen molar-refractivity contribution in [2.24, 2.45) is 29.6 Å². The molecular formula is C17H21NO3. The van der Waals surface area contributed by atoms with E-state index >= 15 is 0 Å². The Morgan fingerprint density at radius 3 is 2.48 bits per heavy atom. The number of hydrogen-bond donors (Lipinski definition) is 2. The predicted molar refractivity (Wildman–Crippen MR) is 79.0 cm³/mol. The Labute approximate surface area is 124 Å². The monoisotopic (exact) mass is 287 g/mol. The SMILES string of the molecule is O=C(Nc1ccc(OCCO)cc1)C1C2C3CCC(C3)C12. The van der Waals surface area contributed by atoms with Crippen LogP contribution in [0.3, 0.4) is 0 Å². The number of anilines is 1. The van der Waals surface area contributed by atoms with Crippen LogP contribution >= 0.6 is 0 Å². The summed E-state index contributed by atoms with van der Waals surface area (Å²) in [5.74, 6) is 4.18. The molecule has 1 amide bonds. The number of aliphatic hydroxyl groups is 1. The van der Waals surface area contributed by atoms with Crippen LogP contribution in [0.4, 0.5) is 5.69 Å². The molecule has 4 rings (SSSR count). The molecular weight excluding hydrogens is 266 g/mol. The molecule has 3 aliphatic rings. The third-order valence-corrected chi connectivity index (χ3v) is 5.52. The van der Waals surface area contributed by atoms with E-state index < -0.39 is 0 Å². The van der Waals surface area contributed by atoms with Crippen molar-refractivity contribution in [1.82, 2.24) is 0 Å². The van der Waals surface area contributed by atoms with E-state index in [0.29, 0.717) is 24.2 Å². The summed E-state index contributed by atoms with van der Waals surface area (Å²) in [6.45, 7) is 0.297. The number of fused-ring (bicyclic) bond motifs is 5. The summed E-state index contributed by atoms with van der Waals surface area (Å²) in [5, 5.41) is 11.8. The van der Waals surface area contributed by atoms with Gasteiger partial charge in [-0.3, -0.25) is 4.79 Å². The fraction of sp³-hybridized carbons (Fsp3) is 0.588. The summed E-state index contributed by atoms with van der Waals surface area (Å²) in [7, 11) is 0. The van der Waals surface area contributed by atoms with Crippen molar-refractivity contribution in [1.29, 1.82) is 0 Å². The molecule has 2 bridgehead atoms. The number of aliphatic hydroxyl groups excluding tert-OH is 1. The fourth-order valence-electron chi connectivity index (χ4n) is 4.70. The number of carbonyl (C=O) groups excluding carboxylic acids is 1. The second kappa shape index (κ2) is 5.02. The molecule has 4 nitrogen and oxygen atoms in total. The zero-order valence-corrected chi connectivity index (χ0v) is 12.0. The quantitative estimate of drug-likeness (QED) is 0.873. The molecule has 4 atom stereocenters. The lowest BCUT2D eigenvalue weighted by Crippen LogP contribution is -2.18. The maximum absolute atomic E-state index is 12.4. The van der Waals surface area contributed by atoms with E-state index in [1.165, 1.54) is 19.3 Å². The zero-order valence-electron chi connectivity index (χ0n) is 12.0. The van der Waals surface area contributed by atoms with Gasteiger partial charge in [0, 0.05) is 11.6 Å². The molecule has 3 saturated carbocycles. The molecule has 2 N–H and O–H groups in total. The Morgan fingerprint density at radius 1 is 1.19 bits per heavy atom. The van der Waals surface area contributed by atoms with Gasteiger partial charge in [-0.1, -0.05) is 0 Å². The van der Waals surface area contributed by atoms with Gasteiger partial charge in [-0.05, 0) is 67.2 Å². The largest absolute Gasteiger partial charge is 0.491 e. The first-order valence-electron chi connectivity index (χ1n) is 7.92. The maximum atomic E-state index is 12.4. The highest BCUT2D eigenvalue weighted by Gasteiger charge is 2.67. The van der Waals surface area contributed by atoms with Crippen molar-refractivity contribution in [2.45, 2.75) is 19.3 Å². The molecule has 1 aromatic carbocycles. The highest BCUT2D eigenvalue weighted by Crippen LogP contribution is 2.69. The van der Waals surface area contributed by atoms with Crippen molar-refractivity contribution in [3.05, 3.63) is 24.3 Å². The Hall–Kier alpha value is -1.55. The number of carbonyl (C=O) groups is 1. The van der Waals surface area contributed by atoms with Crippen LogP contribution in [-0.4, -0.2) is 24.2 Å². The van der Waals surface area contributed by atoms with Crippen molar-refractivity contribution in [3.63, 3.8) is 0 Å². The van der Waals surface area contributed by atoms with Crippen molar-refractivity contribution in [3.8, 4) is 5.75 Å². The van der Waals surface area contributed by atoms with Crippen molar-refractivity contribution in [2.75, 3.05) is 18.5 Å². The lowest BCUT2D eigenvalue weighted by atomic mass is 10.0. The summed E-state index contributed by atoms with van der Waals surface area (Å²) < 4.78 is 5.31. The molecule has 0 aromatic heterocycles. The van der Waals surface area contributed by atoms with E-state index in [0.717, 1.165) is 17.5 Å². The fourth-order valence-corrected chi connectivity index (χ4v) is 4.70. The highest BCUT2D eigenvalue weighted by atomic mass is 16.5. The van der Waals surface area contributed by atoms with Gasteiger partial charge >= 0.3 is 0 Å². The van der Waals surface area contributed by atoms with Gasteiger partial charge in [-0.2, -0.15) is 0 Å². The summed E-state index contributed by atoms with van der Waals surface area (Å²) in [6, 6.07) is 7.36. The van der Waals surface area contributed by atoms with Gasteiger partial charge < -0.3 is 15.2 Å². The third kappa shape index (κ3) is 2.22. The van der Waals surface area contributed by atoms with Crippen LogP contribution in [0.2, 0.25) is 0 Å². The van der Waals surface area contributed by atoms with Gasteiger partial charge in [-0.15, -0.1) is 0 Å². The second-order valence-electron chi connectivity index (χ2n) is 6.60. The topological polar surface area (TPSA) is 58.6 Å². The molecule has 0 aliphatic heterocycles. The average Bonchev–Trinajstić information content (AvgIpc) is 2.95. The number of benzene rings is 1. The minimum absolute atomic E-state index is 0.00524. The molecule has 0 radical (unpaired) electrons. The number of ether oxygens (including phenoxy) is 1. The first-order chi connectivity index (χ1) is 10.3. The number of nitrogens with one attached hydrogen (secondary N) is 1. The Balaban J connectivity index is 1.35. The Bertz CT molecular complexity index is 525. The van der Waals surface area contributed by atoms with Gasteiger partial charge in [0.1, 0.15) is 12.4 Å². The summed E-state index contributed by atoms with van der Waals surface area (Å²) in [5.41, 5.74) is 0.827. The van der Waals surface area contributed by atoms with Gasteiger partial charge in [-0.25, -0.2) is 0 Å².